The highest BCUT2D eigenvalue weighted by Gasteiger charge is 2.38. The first-order valence-corrected chi connectivity index (χ1v) is 32.1. The van der Waals surface area contributed by atoms with Gasteiger partial charge in [0.05, 0.1) is 51.5 Å². The summed E-state index contributed by atoms with van der Waals surface area (Å²) in [6.45, 7) is 6.38. The first kappa shape index (κ1) is 83.6. The zero-order valence-corrected chi connectivity index (χ0v) is 56.4. The molecule has 16 amide bonds. The van der Waals surface area contributed by atoms with E-state index in [4.69, 9.17) is 17.2 Å². The Bertz CT molecular complexity index is 2910. The summed E-state index contributed by atoms with van der Waals surface area (Å²) in [7, 11) is 0. The van der Waals surface area contributed by atoms with E-state index in [2.05, 4.69) is 74.1 Å². The van der Waals surface area contributed by atoms with Crippen LogP contribution >= 0.6 is 0 Å². The van der Waals surface area contributed by atoms with Crippen molar-refractivity contribution in [1.82, 2.24) is 79.0 Å². The second-order valence-electron chi connectivity index (χ2n) is 24.6. The second-order valence-corrected chi connectivity index (χ2v) is 24.6. The number of nitrogens with zero attached hydrogens (tertiary/aromatic N) is 2. The number of amides is 16. The van der Waals surface area contributed by atoms with Gasteiger partial charge in [-0.2, -0.15) is 0 Å². The van der Waals surface area contributed by atoms with E-state index in [0.717, 1.165) is 43.9 Å². The van der Waals surface area contributed by atoms with Gasteiger partial charge in [-0.25, -0.2) is 0 Å². The zero-order valence-electron chi connectivity index (χ0n) is 56.4. The van der Waals surface area contributed by atoms with E-state index in [0.29, 0.717) is 24.8 Å². The summed E-state index contributed by atoms with van der Waals surface area (Å²) in [5.41, 5.74) is 13.5. The molecular formula is C61H100N18O18. The van der Waals surface area contributed by atoms with E-state index >= 15 is 0 Å². The van der Waals surface area contributed by atoms with Crippen LogP contribution in [-0.2, 0) is 83.1 Å². The van der Waals surface area contributed by atoms with Crippen LogP contribution in [-0.4, -0.2) is 227 Å². The van der Waals surface area contributed by atoms with Crippen LogP contribution in [0.4, 0.5) is 0 Å². The van der Waals surface area contributed by atoms with Crippen LogP contribution < -0.4 is 86.3 Å². The molecule has 1 fully saturated rings. The van der Waals surface area contributed by atoms with Gasteiger partial charge in [0, 0.05) is 38.7 Å². The number of aromatic nitrogens is 1. The first-order valence-electron chi connectivity index (χ1n) is 32.1. The maximum atomic E-state index is 13.9. The van der Waals surface area contributed by atoms with Crippen molar-refractivity contribution in [3.05, 3.63) is 30.1 Å². The Kier molecular flexibility index (Phi) is 36.4. The molecule has 4 unspecified atom stereocenters. The first-order chi connectivity index (χ1) is 45.5. The van der Waals surface area contributed by atoms with Crippen LogP contribution in [0.1, 0.15) is 138 Å². The monoisotopic (exact) mass is 1370 g/mol. The van der Waals surface area contributed by atoms with E-state index in [-0.39, 0.29) is 51.1 Å². The number of aliphatic hydroxyl groups excluding tert-OH is 2. The van der Waals surface area contributed by atoms with Crippen molar-refractivity contribution >= 4 is 94.5 Å². The molecule has 1 aliphatic carbocycles. The standard InChI is InChI=1S/C61H100N18O18/c1-9-61(8,77-48(87)30-68-55(93)43(26-39-20-23-65-24-21-39)75-53(91)35(3)71-49(88)33-79(32-34(2)80)50(89)31-66-37(5)82)59(97)70-29-47(86)72-40(17-13-14-22-62)56(94)78-60(6,7)58(96)76-51(36(4)81)57(95)69-28-45(84)73-41(18-19-44(63)83)54(92)67-27-46(85)74-42(52(64)90)25-38-15-11-10-12-16-38/h20-21,23-24,34-36,38,40-43,51,80-81H,9-19,22,25-33,62H2,1-8H3,(H2,63,83)(H2,64,90)(H,66,82)(H,67,92)(H,68,93)(H,69,95)(H,70,97)(H,71,88)(H,72,86)(H,73,84)(H,74,85)(H,75,91)(H,76,96)(H,77,87)(H,78,94)/t34-,35?,36?,40-,41-,42-,43?,51-,61?/m0/s1. The predicted molar refractivity (Wildman–Crippen MR) is 347 cm³/mol. The number of carbonyl (C=O) groups excluding carboxylic acids is 16. The van der Waals surface area contributed by atoms with E-state index in [9.17, 15) is 86.9 Å². The minimum absolute atomic E-state index is 0.0208. The Morgan fingerprint density at radius 1 is 0.598 bits per heavy atom. The van der Waals surface area contributed by atoms with Gasteiger partial charge in [-0.3, -0.25) is 81.7 Å². The number of unbranched alkanes of at least 4 members (excludes halogenated alkanes) is 1. The number of carbonyl (C=O) groups is 16. The van der Waals surface area contributed by atoms with Gasteiger partial charge in [0.2, 0.25) is 94.5 Å². The number of aliphatic hydroxyl groups is 2. The normalized spacial score (nSPS) is 15.2. The highest BCUT2D eigenvalue weighted by atomic mass is 16.3. The Labute approximate surface area is 562 Å². The van der Waals surface area contributed by atoms with Gasteiger partial charge < -0.3 is 101 Å². The number of primary amides is 2. The van der Waals surface area contributed by atoms with E-state index < -0.39 is 193 Å². The fourth-order valence-electron chi connectivity index (χ4n) is 9.78. The quantitative estimate of drug-likeness (QED) is 0.0270. The Hall–Kier alpha value is -9.45. The summed E-state index contributed by atoms with van der Waals surface area (Å²) >= 11 is 0. The topological polar surface area (TPSA) is 564 Å². The lowest BCUT2D eigenvalue weighted by molar-refractivity contribution is -0.138. The van der Waals surface area contributed by atoms with Crippen molar-refractivity contribution in [1.29, 1.82) is 0 Å². The average molecular weight is 1370 g/mol. The fraction of sp³-hybridized carbons (Fsp3) is 0.656. The smallest absolute Gasteiger partial charge is 0.245 e. The van der Waals surface area contributed by atoms with Gasteiger partial charge in [0.15, 0.2) is 0 Å². The molecule has 0 aliphatic heterocycles. The van der Waals surface area contributed by atoms with Gasteiger partial charge in [0.1, 0.15) is 47.3 Å². The van der Waals surface area contributed by atoms with Crippen LogP contribution in [0.5, 0.6) is 0 Å². The molecule has 36 heteroatoms. The number of pyridine rings is 1. The van der Waals surface area contributed by atoms with Crippen molar-refractivity contribution < 1.29 is 86.9 Å². The second kappa shape index (κ2) is 42.2. The number of rotatable bonds is 43. The molecule has 1 heterocycles. The molecule has 0 bridgehead atoms. The lowest BCUT2D eigenvalue weighted by Gasteiger charge is -2.31. The van der Waals surface area contributed by atoms with Crippen LogP contribution in [0.25, 0.3) is 0 Å². The summed E-state index contributed by atoms with van der Waals surface area (Å²) in [6, 6.07) is -5.02. The molecule has 0 radical (unpaired) electrons. The van der Waals surface area contributed by atoms with Crippen molar-refractivity contribution in [3.63, 3.8) is 0 Å². The predicted octanol–water partition coefficient (Wildman–Crippen LogP) is -7.23. The summed E-state index contributed by atoms with van der Waals surface area (Å²) in [4.78, 5) is 213. The van der Waals surface area contributed by atoms with Gasteiger partial charge in [-0.05, 0) is 110 Å². The molecule has 1 aliphatic rings. The van der Waals surface area contributed by atoms with Gasteiger partial charge in [0.25, 0.3) is 0 Å². The van der Waals surface area contributed by atoms with Gasteiger partial charge >= 0.3 is 0 Å². The van der Waals surface area contributed by atoms with Crippen LogP contribution in [0.15, 0.2) is 24.5 Å². The summed E-state index contributed by atoms with van der Waals surface area (Å²) in [5.74, 6) is -13.4. The molecular weight excluding hydrogens is 1270 g/mol. The van der Waals surface area contributed by atoms with Crippen molar-refractivity contribution in [2.75, 3.05) is 52.4 Å². The molecule has 0 aromatic carbocycles. The summed E-state index contributed by atoms with van der Waals surface area (Å²) in [6.07, 6.45) is 5.15. The van der Waals surface area contributed by atoms with E-state index in [1.54, 1.807) is 19.1 Å². The molecule has 97 heavy (non-hydrogen) atoms. The molecule has 1 saturated carbocycles. The third kappa shape index (κ3) is 32.2. The van der Waals surface area contributed by atoms with Crippen molar-refractivity contribution in [3.8, 4) is 0 Å². The summed E-state index contributed by atoms with van der Waals surface area (Å²) < 4.78 is 0. The minimum Gasteiger partial charge on any atom is -0.392 e. The maximum Gasteiger partial charge on any atom is 0.245 e. The number of hydrogen-bond donors (Lipinski definition) is 18. The number of nitrogens with one attached hydrogen (secondary N) is 13. The third-order valence-electron chi connectivity index (χ3n) is 15.5. The van der Waals surface area contributed by atoms with Crippen LogP contribution in [0.2, 0.25) is 0 Å². The van der Waals surface area contributed by atoms with Crippen molar-refractivity contribution in [2.45, 2.75) is 198 Å². The molecule has 1 aromatic rings. The minimum atomic E-state index is -1.87. The molecule has 36 nitrogen and oxygen atoms in total. The number of hydrogen-bond acceptors (Lipinski definition) is 20. The number of nitrogens with two attached hydrogens (primary N) is 3. The van der Waals surface area contributed by atoms with Gasteiger partial charge in [-0.1, -0.05) is 39.0 Å². The molecule has 21 N–H and O–H groups in total. The van der Waals surface area contributed by atoms with Crippen LogP contribution in [0.3, 0.4) is 0 Å². The molecule has 1 aromatic heterocycles. The SMILES string of the molecule is CCC(C)(NC(=O)CNC(=O)C(Cc1ccncc1)NC(=O)C(C)NC(=O)CN(C[C@H](C)O)C(=O)CNC(C)=O)C(=O)NCC(=O)N[C@@H](CCCCN)C(=O)NC(C)(C)C(=O)N[C@H](C(=O)NCC(=O)N[C@@H](CCC(N)=O)C(=O)NCC(=O)N[C@@H](CC1CCCCC1)C(N)=O)C(C)O. The fourth-order valence-corrected chi connectivity index (χ4v) is 9.78. The maximum absolute atomic E-state index is 13.9. The van der Waals surface area contributed by atoms with E-state index in [1.807, 2.05) is 0 Å². The van der Waals surface area contributed by atoms with Gasteiger partial charge in [-0.15, -0.1) is 0 Å². The highest BCUT2D eigenvalue weighted by Crippen LogP contribution is 2.27. The summed E-state index contributed by atoms with van der Waals surface area (Å²) in [5, 5.41) is 51.9. The van der Waals surface area contributed by atoms with Crippen molar-refractivity contribution in [2.24, 2.45) is 23.1 Å². The Balaban J connectivity index is 2.07. The largest absolute Gasteiger partial charge is 0.392 e. The lowest BCUT2D eigenvalue weighted by atomic mass is 9.84. The lowest BCUT2D eigenvalue weighted by Crippen LogP contribution is -2.63. The molecule has 0 spiro atoms. The highest BCUT2D eigenvalue weighted by molar-refractivity contribution is 6.00. The third-order valence-corrected chi connectivity index (χ3v) is 15.5. The Morgan fingerprint density at radius 2 is 1.14 bits per heavy atom. The molecule has 0 saturated heterocycles. The molecule has 2 rings (SSSR count). The average Bonchev–Trinajstić information content (AvgIpc) is 0.918. The zero-order chi connectivity index (χ0) is 73.2. The molecule has 9 atom stereocenters. The Morgan fingerprint density at radius 3 is 1.68 bits per heavy atom. The molecule has 542 valence electrons. The van der Waals surface area contributed by atoms with E-state index in [1.165, 1.54) is 53.9 Å². The van der Waals surface area contributed by atoms with Crippen LogP contribution in [0, 0.1) is 5.92 Å².